The Morgan fingerprint density at radius 1 is 1.00 bits per heavy atom. The van der Waals surface area contributed by atoms with E-state index in [9.17, 15) is 9.59 Å². The molecule has 1 amide bonds. The van der Waals surface area contributed by atoms with Gasteiger partial charge in [-0.25, -0.2) is 5.48 Å². The minimum Gasteiger partial charge on any atom is -0.294 e. The second-order valence-electron chi connectivity index (χ2n) is 4.95. The summed E-state index contributed by atoms with van der Waals surface area (Å²) in [6.45, 7) is 1.60. The molecule has 2 aromatic rings. The maximum atomic E-state index is 12.1. The molecule has 2 N–H and O–H groups in total. The van der Waals surface area contributed by atoms with Gasteiger partial charge in [0.2, 0.25) is 5.91 Å². The molecule has 2 aromatic carbocycles. The summed E-state index contributed by atoms with van der Waals surface area (Å²) >= 11 is 0. The van der Waals surface area contributed by atoms with Gasteiger partial charge in [0.25, 0.3) is 0 Å². The van der Waals surface area contributed by atoms with Crippen molar-refractivity contribution in [3.63, 3.8) is 0 Å². The monoisotopic (exact) mass is 283 g/mol. The molecule has 0 spiro atoms. The molecular weight excluding hydrogens is 266 g/mol. The average molecular weight is 283 g/mol. The molecule has 0 heterocycles. The lowest BCUT2D eigenvalue weighted by Crippen LogP contribution is -2.27. The van der Waals surface area contributed by atoms with Crippen molar-refractivity contribution >= 4 is 11.7 Å². The van der Waals surface area contributed by atoms with Crippen molar-refractivity contribution < 1.29 is 14.8 Å². The molecule has 0 aliphatic carbocycles. The van der Waals surface area contributed by atoms with Gasteiger partial charge in [0.1, 0.15) is 0 Å². The largest absolute Gasteiger partial charge is 0.294 e. The Morgan fingerprint density at radius 2 is 1.57 bits per heavy atom. The second kappa shape index (κ2) is 6.81. The van der Waals surface area contributed by atoms with Gasteiger partial charge in [0, 0.05) is 17.9 Å². The summed E-state index contributed by atoms with van der Waals surface area (Å²) in [5, 5.41) is 8.54. The quantitative estimate of drug-likeness (QED) is 0.503. The molecule has 0 saturated carbocycles. The van der Waals surface area contributed by atoms with E-state index in [1.165, 1.54) is 0 Å². The number of hydroxylamine groups is 1. The molecule has 0 unspecified atom stereocenters. The van der Waals surface area contributed by atoms with E-state index in [2.05, 4.69) is 0 Å². The molecule has 2 rings (SSSR count). The van der Waals surface area contributed by atoms with Crippen molar-refractivity contribution in [1.29, 1.82) is 0 Å². The fourth-order valence-corrected chi connectivity index (χ4v) is 2.08. The Balaban J connectivity index is 2.09. The highest BCUT2D eigenvalue weighted by Gasteiger charge is 2.17. The summed E-state index contributed by atoms with van der Waals surface area (Å²) in [5.74, 6) is -1.23. The van der Waals surface area contributed by atoms with E-state index in [4.69, 9.17) is 5.21 Å². The minimum atomic E-state index is -0.559. The van der Waals surface area contributed by atoms with Gasteiger partial charge in [-0.05, 0) is 11.1 Å². The van der Waals surface area contributed by atoms with Gasteiger partial charge in [0.15, 0.2) is 5.78 Å². The zero-order valence-corrected chi connectivity index (χ0v) is 11.7. The first-order valence-corrected chi connectivity index (χ1v) is 6.74. The number of hydrogen-bond donors (Lipinski definition) is 2. The second-order valence-corrected chi connectivity index (χ2v) is 4.95. The molecule has 4 nitrogen and oxygen atoms in total. The summed E-state index contributed by atoms with van der Waals surface area (Å²) in [7, 11) is 0. The van der Waals surface area contributed by atoms with E-state index in [-0.39, 0.29) is 12.2 Å². The first-order valence-electron chi connectivity index (χ1n) is 6.74. The SMILES string of the molecule is C[C@@H](CC(=O)c1ccc(-c2ccccc2)cc1)C(=O)NO. The predicted octanol–water partition coefficient (Wildman–Crippen LogP) is 3.07. The summed E-state index contributed by atoms with van der Waals surface area (Å²) in [6.07, 6.45) is 0.0665. The zero-order valence-electron chi connectivity index (χ0n) is 11.7. The number of nitrogens with one attached hydrogen (secondary N) is 1. The molecule has 1 atom stereocenters. The van der Waals surface area contributed by atoms with Crippen molar-refractivity contribution in [3.8, 4) is 11.1 Å². The highest BCUT2D eigenvalue weighted by Crippen LogP contribution is 2.20. The van der Waals surface area contributed by atoms with E-state index in [0.29, 0.717) is 5.56 Å². The number of carbonyl (C=O) groups excluding carboxylic acids is 2. The molecule has 0 radical (unpaired) electrons. The van der Waals surface area contributed by atoms with Crippen LogP contribution >= 0.6 is 0 Å². The highest BCUT2D eigenvalue weighted by molar-refractivity contribution is 5.98. The van der Waals surface area contributed by atoms with E-state index < -0.39 is 11.8 Å². The Kier molecular flexibility index (Phi) is 4.85. The maximum absolute atomic E-state index is 12.1. The third kappa shape index (κ3) is 3.77. The van der Waals surface area contributed by atoms with Gasteiger partial charge in [-0.3, -0.25) is 14.8 Å². The van der Waals surface area contributed by atoms with Gasteiger partial charge in [0.05, 0.1) is 0 Å². The van der Waals surface area contributed by atoms with Gasteiger partial charge in [-0.1, -0.05) is 61.5 Å². The number of hydrogen-bond acceptors (Lipinski definition) is 3. The Labute approximate surface area is 123 Å². The number of amides is 1. The lowest BCUT2D eigenvalue weighted by molar-refractivity contribution is -0.132. The van der Waals surface area contributed by atoms with Crippen molar-refractivity contribution in [2.45, 2.75) is 13.3 Å². The van der Waals surface area contributed by atoms with Gasteiger partial charge >= 0.3 is 0 Å². The van der Waals surface area contributed by atoms with E-state index in [0.717, 1.165) is 11.1 Å². The number of rotatable bonds is 5. The fourth-order valence-electron chi connectivity index (χ4n) is 2.08. The Hall–Kier alpha value is -2.46. The van der Waals surface area contributed by atoms with Crippen LogP contribution in [0.25, 0.3) is 11.1 Å². The molecule has 0 aliphatic heterocycles. The number of Topliss-reactive ketones (excluding diaryl/α,β-unsaturated/α-hetero) is 1. The normalized spacial score (nSPS) is 11.7. The predicted molar refractivity (Wildman–Crippen MR) is 79.9 cm³/mol. The highest BCUT2D eigenvalue weighted by atomic mass is 16.5. The first-order chi connectivity index (χ1) is 10.1. The third-order valence-electron chi connectivity index (χ3n) is 3.36. The van der Waals surface area contributed by atoms with Crippen LogP contribution in [0.4, 0.5) is 0 Å². The molecule has 0 saturated heterocycles. The third-order valence-corrected chi connectivity index (χ3v) is 3.36. The van der Waals surface area contributed by atoms with Crippen molar-refractivity contribution in [3.05, 3.63) is 60.2 Å². The minimum absolute atomic E-state index is 0.0665. The maximum Gasteiger partial charge on any atom is 0.246 e. The summed E-state index contributed by atoms with van der Waals surface area (Å²) < 4.78 is 0. The van der Waals surface area contributed by atoms with Crippen molar-refractivity contribution in [2.75, 3.05) is 0 Å². The molecule has 0 fully saturated rings. The van der Waals surface area contributed by atoms with Crippen LogP contribution in [-0.4, -0.2) is 16.9 Å². The van der Waals surface area contributed by atoms with Gasteiger partial charge in [-0.15, -0.1) is 0 Å². The summed E-state index contributed by atoms with van der Waals surface area (Å²) in [6, 6.07) is 17.2. The first kappa shape index (κ1) is 14.9. The van der Waals surface area contributed by atoms with E-state index in [1.54, 1.807) is 24.5 Å². The molecule has 21 heavy (non-hydrogen) atoms. The molecule has 0 bridgehead atoms. The average Bonchev–Trinajstić information content (AvgIpc) is 2.55. The topological polar surface area (TPSA) is 66.4 Å². The van der Waals surface area contributed by atoms with Crippen molar-refractivity contribution in [1.82, 2.24) is 5.48 Å². The number of carbonyl (C=O) groups is 2. The van der Waals surface area contributed by atoms with E-state index >= 15 is 0 Å². The molecule has 108 valence electrons. The molecular formula is C17H17NO3. The van der Waals surface area contributed by atoms with Gasteiger partial charge < -0.3 is 0 Å². The van der Waals surface area contributed by atoms with E-state index in [1.807, 2.05) is 42.5 Å². The Bertz CT molecular complexity index is 620. The van der Waals surface area contributed by atoms with Crippen LogP contribution in [0.15, 0.2) is 54.6 Å². The lowest BCUT2D eigenvalue weighted by Gasteiger charge is -2.08. The van der Waals surface area contributed by atoms with Crippen molar-refractivity contribution in [2.24, 2.45) is 5.92 Å². The number of ketones is 1. The van der Waals surface area contributed by atoms with Crippen LogP contribution in [-0.2, 0) is 4.79 Å². The lowest BCUT2D eigenvalue weighted by atomic mass is 9.97. The molecule has 4 heteroatoms. The van der Waals surface area contributed by atoms with Crippen LogP contribution in [0.5, 0.6) is 0 Å². The van der Waals surface area contributed by atoms with Crippen LogP contribution in [0.3, 0.4) is 0 Å². The van der Waals surface area contributed by atoms with Crippen LogP contribution in [0.1, 0.15) is 23.7 Å². The zero-order chi connectivity index (χ0) is 15.2. The van der Waals surface area contributed by atoms with Crippen LogP contribution in [0.2, 0.25) is 0 Å². The summed E-state index contributed by atoms with van der Waals surface area (Å²) in [4.78, 5) is 23.3. The smallest absolute Gasteiger partial charge is 0.246 e. The van der Waals surface area contributed by atoms with Crippen LogP contribution < -0.4 is 5.48 Å². The van der Waals surface area contributed by atoms with Gasteiger partial charge in [-0.2, -0.15) is 0 Å². The molecule has 0 aromatic heterocycles. The number of benzene rings is 2. The standard InChI is InChI=1S/C17H17NO3/c1-12(17(20)18-21)11-16(19)15-9-7-14(8-10-15)13-5-3-2-4-6-13/h2-10,12,21H,11H2,1H3,(H,18,20)/t12-/m0/s1. The summed E-state index contributed by atoms with van der Waals surface area (Å²) in [5.41, 5.74) is 4.25. The Morgan fingerprint density at radius 3 is 2.14 bits per heavy atom. The molecule has 0 aliphatic rings. The fraction of sp³-hybridized carbons (Fsp3) is 0.176. The van der Waals surface area contributed by atoms with Crippen LogP contribution in [0, 0.1) is 5.92 Å².